The highest BCUT2D eigenvalue weighted by atomic mass is 79.9. The Hall–Kier alpha value is -0.560. The Kier molecular flexibility index (Phi) is 2.78. The van der Waals surface area contributed by atoms with Crippen LogP contribution in [0.25, 0.3) is 6.08 Å². The molecule has 2 rings (SSSR count). The van der Waals surface area contributed by atoms with E-state index in [-0.39, 0.29) is 9.74 Å². The summed E-state index contributed by atoms with van der Waals surface area (Å²) in [6.45, 7) is 9.00. The summed E-state index contributed by atoms with van der Waals surface area (Å²) in [5, 5.41) is 0. The van der Waals surface area contributed by atoms with Gasteiger partial charge in [0.2, 0.25) is 0 Å². The summed E-state index contributed by atoms with van der Waals surface area (Å²) in [5.41, 5.74) is 4.46. The summed E-state index contributed by atoms with van der Waals surface area (Å²) in [4.78, 5) is 0. The van der Waals surface area contributed by atoms with Crippen LogP contribution < -0.4 is 0 Å². The first-order chi connectivity index (χ1) is 7.31. The van der Waals surface area contributed by atoms with E-state index in [1.807, 2.05) is 0 Å². The van der Waals surface area contributed by atoms with E-state index in [1.54, 1.807) is 0 Å². The monoisotopic (exact) mass is 278 g/mol. The van der Waals surface area contributed by atoms with Gasteiger partial charge in [-0.15, -0.1) is 0 Å². The van der Waals surface area contributed by atoms with Crippen LogP contribution in [0, 0.1) is 0 Å². The number of fused-ring (bicyclic) bond motifs is 1. The molecule has 1 heteroatoms. The quantitative estimate of drug-likeness (QED) is 0.634. The predicted octanol–water partition coefficient (Wildman–Crippen LogP) is 5.01. The summed E-state index contributed by atoms with van der Waals surface area (Å²) in [5.74, 6) is 0. The summed E-state index contributed by atoms with van der Waals surface area (Å²) >= 11 is 3.72. The van der Waals surface area contributed by atoms with Crippen LogP contribution in [0.4, 0.5) is 0 Å². The third-order valence-corrected chi connectivity index (χ3v) is 3.85. The maximum Gasteiger partial charge on any atom is 0.0450 e. The number of rotatable bonds is 1. The van der Waals surface area contributed by atoms with Crippen LogP contribution in [0.1, 0.15) is 50.8 Å². The summed E-state index contributed by atoms with van der Waals surface area (Å²) in [6.07, 6.45) is 5.67. The second-order valence-electron chi connectivity index (χ2n) is 5.76. The van der Waals surface area contributed by atoms with E-state index in [0.717, 1.165) is 6.42 Å². The van der Waals surface area contributed by atoms with E-state index < -0.39 is 0 Å². The smallest absolute Gasteiger partial charge is 0.0450 e. The number of halogens is 1. The molecule has 0 heterocycles. The Morgan fingerprint density at radius 1 is 1.25 bits per heavy atom. The fourth-order valence-electron chi connectivity index (χ4n) is 2.28. The van der Waals surface area contributed by atoms with E-state index in [1.165, 1.54) is 16.7 Å². The molecule has 1 aromatic rings. The van der Waals surface area contributed by atoms with Gasteiger partial charge < -0.3 is 0 Å². The van der Waals surface area contributed by atoms with Crippen molar-refractivity contribution in [2.24, 2.45) is 0 Å². The first kappa shape index (κ1) is 11.9. The van der Waals surface area contributed by atoms with Crippen molar-refractivity contribution in [2.75, 3.05) is 0 Å². The van der Waals surface area contributed by atoms with E-state index in [4.69, 9.17) is 0 Å². The van der Waals surface area contributed by atoms with Crippen LogP contribution in [0.5, 0.6) is 0 Å². The molecule has 1 aromatic carbocycles. The fraction of sp³-hybridized carbons (Fsp3) is 0.467. The Morgan fingerprint density at radius 3 is 2.56 bits per heavy atom. The van der Waals surface area contributed by atoms with Gasteiger partial charge in [-0.25, -0.2) is 0 Å². The molecule has 1 aliphatic rings. The topological polar surface area (TPSA) is 0 Å². The Labute approximate surface area is 107 Å². The normalized spacial score (nSPS) is 18.3. The zero-order valence-electron chi connectivity index (χ0n) is 10.5. The minimum atomic E-state index is 0.0530. The van der Waals surface area contributed by atoms with Crippen LogP contribution >= 0.6 is 15.9 Å². The van der Waals surface area contributed by atoms with Gasteiger partial charge >= 0.3 is 0 Å². The van der Waals surface area contributed by atoms with Gasteiger partial charge in [0.25, 0.3) is 0 Å². The zero-order chi connectivity index (χ0) is 12.0. The second-order valence-corrected chi connectivity index (χ2v) is 7.75. The van der Waals surface area contributed by atoms with Crippen molar-refractivity contribution in [3.05, 3.63) is 41.0 Å². The van der Waals surface area contributed by atoms with Crippen molar-refractivity contribution in [1.29, 1.82) is 0 Å². The average Bonchev–Trinajstić information content (AvgIpc) is 2.15. The molecule has 0 unspecified atom stereocenters. The van der Waals surface area contributed by atoms with Crippen molar-refractivity contribution >= 4 is 22.0 Å². The molecule has 0 saturated heterocycles. The van der Waals surface area contributed by atoms with Gasteiger partial charge in [0, 0.05) is 4.32 Å². The highest BCUT2D eigenvalue weighted by Gasteiger charge is 2.26. The maximum atomic E-state index is 3.72. The van der Waals surface area contributed by atoms with E-state index in [0.29, 0.717) is 0 Å². The van der Waals surface area contributed by atoms with E-state index >= 15 is 0 Å². The van der Waals surface area contributed by atoms with E-state index in [2.05, 4.69) is 74.0 Å². The van der Waals surface area contributed by atoms with Crippen molar-refractivity contribution in [1.82, 2.24) is 0 Å². The number of hydrogen-bond acceptors (Lipinski definition) is 0. The molecule has 0 aliphatic heterocycles. The first-order valence-corrected chi connectivity index (χ1v) is 6.60. The van der Waals surface area contributed by atoms with Crippen molar-refractivity contribution in [2.45, 2.75) is 43.9 Å². The van der Waals surface area contributed by atoms with Crippen molar-refractivity contribution < 1.29 is 0 Å². The maximum absolute atomic E-state index is 3.72. The molecule has 1 aliphatic carbocycles. The van der Waals surface area contributed by atoms with Crippen molar-refractivity contribution in [3.63, 3.8) is 0 Å². The predicted molar refractivity (Wildman–Crippen MR) is 75.1 cm³/mol. The Morgan fingerprint density at radius 2 is 1.94 bits per heavy atom. The van der Waals surface area contributed by atoms with Crippen LogP contribution in [0.15, 0.2) is 24.3 Å². The lowest BCUT2D eigenvalue weighted by Crippen LogP contribution is -2.20. The van der Waals surface area contributed by atoms with Gasteiger partial charge in [-0.3, -0.25) is 0 Å². The molecule has 0 saturated carbocycles. The molecular formula is C15H19Br. The zero-order valence-corrected chi connectivity index (χ0v) is 12.1. The third-order valence-electron chi connectivity index (χ3n) is 3.39. The molecule has 16 heavy (non-hydrogen) atoms. The van der Waals surface area contributed by atoms with Crippen molar-refractivity contribution in [3.8, 4) is 0 Å². The lowest BCUT2D eigenvalue weighted by atomic mass is 9.75. The second kappa shape index (κ2) is 3.73. The number of benzene rings is 1. The molecule has 0 amide bonds. The molecule has 0 radical (unpaired) electrons. The van der Waals surface area contributed by atoms with Gasteiger partial charge in [0.1, 0.15) is 0 Å². The lowest BCUT2D eigenvalue weighted by Gasteiger charge is -2.30. The molecule has 0 aromatic heterocycles. The molecule has 0 nitrogen and oxygen atoms in total. The highest BCUT2D eigenvalue weighted by Crippen LogP contribution is 2.38. The van der Waals surface area contributed by atoms with E-state index in [9.17, 15) is 0 Å². The number of allylic oxidation sites excluding steroid dienone is 1. The third kappa shape index (κ3) is 2.10. The summed E-state index contributed by atoms with van der Waals surface area (Å²) in [6, 6.07) is 6.84. The number of alkyl halides is 1. The van der Waals surface area contributed by atoms with Gasteiger partial charge in [-0.1, -0.05) is 60.1 Å². The highest BCUT2D eigenvalue weighted by molar-refractivity contribution is 9.09. The molecule has 86 valence electrons. The SMILES string of the molecule is CC(C)(Br)c1ccc2c(c1)C=CCC2(C)C. The van der Waals surface area contributed by atoms with Crippen LogP contribution in [-0.2, 0) is 9.74 Å². The lowest BCUT2D eigenvalue weighted by molar-refractivity contribution is 0.528. The standard InChI is InChI=1S/C15H19Br/c1-14(2)9-5-6-11-10-12(15(3,4)16)7-8-13(11)14/h5-8,10H,9H2,1-4H3. The number of hydrogen-bond donors (Lipinski definition) is 0. The van der Waals surface area contributed by atoms with Crippen LogP contribution in [-0.4, -0.2) is 0 Å². The van der Waals surface area contributed by atoms with Gasteiger partial charge in [0.15, 0.2) is 0 Å². The Balaban J connectivity index is 2.54. The summed E-state index contributed by atoms with van der Waals surface area (Å²) < 4.78 is 0.0530. The first-order valence-electron chi connectivity index (χ1n) is 5.81. The molecule has 0 spiro atoms. The molecule has 0 N–H and O–H groups in total. The minimum absolute atomic E-state index is 0.0530. The van der Waals surface area contributed by atoms with Crippen LogP contribution in [0.3, 0.4) is 0 Å². The van der Waals surface area contributed by atoms with Gasteiger partial charge in [-0.05, 0) is 42.4 Å². The summed E-state index contributed by atoms with van der Waals surface area (Å²) in [7, 11) is 0. The minimum Gasteiger partial charge on any atom is -0.0831 e. The largest absolute Gasteiger partial charge is 0.0831 e. The fourth-order valence-corrected chi connectivity index (χ4v) is 2.52. The van der Waals surface area contributed by atoms with Gasteiger partial charge in [-0.2, -0.15) is 0 Å². The van der Waals surface area contributed by atoms with Gasteiger partial charge in [0.05, 0.1) is 0 Å². The Bertz CT molecular complexity index is 433. The molecular weight excluding hydrogens is 260 g/mol. The average molecular weight is 279 g/mol. The van der Waals surface area contributed by atoms with Crippen LogP contribution in [0.2, 0.25) is 0 Å². The molecule has 0 fully saturated rings. The molecule has 0 atom stereocenters. The molecule has 0 bridgehead atoms.